The number of azo groups is 1. The third-order valence-electron chi connectivity index (χ3n) is 3.49. The second-order valence-electron chi connectivity index (χ2n) is 6.51. The van der Waals surface area contributed by atoms with E-state index in [1.54, 1.807) is 17.8 Å². The van der Waals surface area contributed by atoms with Gasteiger partial charge in [-0.15, -0.1) is 16.9 Å². The molecule has 2 aromatic rings. The molecule has 0 bridgehead atoms. The van der Waals surface area contributed by atoms with Gasteiger partial charge >= 0.3 is 0 Å². The fourth-order valence-corrected chi connectivity index (χ4v) is 3.34. The number of nitrogens with zero attached hydrogens (tertiary/aromatic N) is 4. The molecule has 2 rings (SSSR count). The lowest BCUT2D eigenvalue weighted by Crippen LogP contribution is -2.07. The first kappa shape index (κ1) is 21.4. The first-order valence-corrected chi connectivity index (χ1v) is 10.1. The molecule has 4 nitrogen and oxygen atoms in total. The first-order chi connectivity index (χ1) is 12.8. The maximum Gasteiger partial charge on any atom is 0.151 e. The van der Waals surface area contributed by atoms with Crippen LogP contribution in [0.2, 0.25) is 0 Å². The van der Waals surface area contributed by atoms with Gasteiger partial charge in [-0.25, -0.2) is 4.39 Å². The van der Waals surface area contributed by atoms with Gasteiger partial charge in [0, 0.05) is 30.6 Å². The third-order valence-corrected chi connectivity index (χ3v) is 4.64. The number of rotatable bonds is 6. The van der Waals surface area contributed by atoms with Crippen LogP contribution in [0.25, 0.3) is 0 Å². The van der Waals surface area contributed by atoms with Crippen molar-refractivity contribution in [3.63, 3.8) is 0 Å². The Morgan fingerprint density at radius 2 is 1.70 bits per heavy atom. The second kappa shape index (κ2) is 9.90. The Bertz CT molecular complexity index is 815. The number of thioether (sulfide) groups is 1. The van der Waals surface area contributed by atoms with Crippen molar-refractivity contribution >= 4 is 46.5 Å². The van der Waals surface area contributed by atoms with Gasteiger partial charge in [-0.2, -0.15) is 17.7 Å². The van der Waals surface area contributed by atoms with Crippen LogP contribution in [0.3, 0.4) is 0 Å². The molecule has 0 aliphatic carbocycles. The predicted octanol–water partition coefficient (Wildman–Crippen LogP) is 6.47. The van der Waals surface area contributed by atoms with Gasteiger partial charge in [-0.3, -0.25) is 4.99 Å². The molecular formula is C20H25FN4S2. The third kappa shape index (κ3) is 6.66. The van der Waals surface area contributed by atoms with Gasteiger partial charge in [0.25, 0.3) is 0 Å². The van der Waals surface area contributed by atoms with E-state index in [-0.39, 0.29) is 11.1 Å². The van der Waals surface area contributed by atoms with Crippen molar-refractivity contribution < 1.29 is 4.39 Å². The lowest BCUT2D eigenvalue weighted by molar-refractivity contribution is 0.628. The molecule has 7 heteroatoms. The zero-order valence-corrected chi connectivity index (χ0v) is 17.9. The number of thiol groups is 1. The number of hydrogen-bond donors (Lipinski definition) is 1. The summed E-state index contributed by atoms with van der Waals surface area (Å²) in [7, 11) is 3.94. The maximum absolute atomic E-state index is 14.5. The highest BCUT2D eigenvalue weighted by molar-refractivity contribution is 8.14. The van der Waals surface area contributed by atoms with E-state index in [1.165, 1.54) is 6.07 Å². The lowest BCUT2D eigenvalue weighted by atomic mass is 10.2. The Kier molecular flexibility index (Phi) is 7.86. The molecule has 0 fully saturated rings. The molecule has 0 aliphatic heterocycles. The van der Waals surface area contributed by atoms with E-state index in [1.807, 2.05) is 56.3 Å². The monoisotopic (exact) mass is 404 g/mol. The van der Waals surface area contributed by atoms with Crippen LogP contribution in [0, 0.1) is 5.82 Å². The molecule has 144 valence electrons. The second-order valence-corrected chi connectivity index (χ2v) is 8.82. The summed E-state index contributed by atoms with van der Waals surface area (Å²) in [6.45, 7) is 6.03. The minimum Gasteiger partial charge on any atom is -0.378 e. The fraction of sp³-hybridized carbons (Fsp3) is 0.350. The average Bonchev–Trinajstić information content (AvgIpc) is 2.59. The van der Waals surface area contributed by atoms with Gasteiger partial charge in [0.1, 0.15) is 5.69 Å². The molecule has 1 atom stereocenters. The lowest BCUT2D eigenvalue weighted by Gasteiger charge is -2.11. The van der Waals surface area contributed by atoms with Gasteiger partial charge in [0.05, 0.1) is 16.1 Å². The molecule has 0 heterocycles. The van der Waals surface area contributed by atoms with E-state index in [4.69, 9.17) is 0 Å². The van der Waals surface area contributed by atoms with E-state index in [9.17, 15) is 4.39 Å². The maximum atomic E-state index is 14.5. The van der Waals surface area contributed by atoms with Gasteiger partial charge in [0.2, 0.25) is 0 Å². The van der Waals surface area contributed by atoms with Gasteiger partial charge in [-0.1, -0.05) is 13.8 Å². The number of anilines is 1. The van der Waals surface area contributed by atoms with E-state index in [0.717, 1.165) is 16.3 Å². The Morgan fingerprint density at radius 3 is 2.22 bits per heavy atom. The molecular weight excluding hydrogens is 379 g/mol. The quantitative estimate of drug-likeness (QED) is 0.259. The molecule has 0 saturated heterocycles. The van der Waals surface area contributed by atoms with Crippen molar-refractivity contribution in [2.45, 2.75) is 31.4 Å². The summed E-state index contributed by atoms with van der Waals surface area (Å²) < 4.78 is 14.5. The number of benzene rings is 2. The molecule has 0 aliphatic rings. The van der Waals surface area contributed by atoms with Crippen molar-refractivity contribution in [2.24, 2.45) is 15.2 Å². The summed E-state index contributed by atoms with van der Waals surface area (Å²) in [6.07, 6.45) is 0. The Morgan fingerprint density at radius 1 is 1.04 bits per heavy atom. The molecule has 0 radical (unpaired) electrons. The molecule has 0 spiro atoms. The molecule has 0 amide bonds. The standard InChI is InChI=1S/C20H25FN4S2/c1-13(2)27-20(22-14(3)26)15-6-11-19(18(21)12-15)24-23-16-7-9-17(10-8-16)25(4)5/h6-14,26H,1-5H3/b22-20-,24-23+. The Balaban J connectivity index is 2.22. The van der Waals surface area contributed by atoms with Crippen LogP contribution in [0.1, 0.15) is 26.3 Å². The van der Waals surface area contributed by atoms with Crippen LogP contribution in [-0.4, -0.2) is 29.8 Å². The van der Waals surface area contributed by atoms with E-state index in [0.29, 0.717) is 10.9 Å². The van der Waals surface area contributed by atoms with Crippen molar-refractivity contribution in [1.82, 2.24) is 0 Å². The van der Waals surface area contributed by atoms with E-state index < -0.39 is 5.82 Å². The van der Waals surface area contributed by atoms with Crippen LogP contribution in [0.15, 0.2) is 57.7 Å². The normalized spacial score (nSPS) is 13.4. The summed E-state index contributed by atoms with van der Waals surface area (Å²) >= 11 is 5.90. The van der Waals surface area contributed by atoms with Gasteiger partial charge < -0.3 is 4.90 Å². The minimum atomic E-state index is -0.426. The minimum absolute atomic E-state index is 0.154. The highest BCUT2D eigenvalue weighted by atomic mass is 32.2. The number of halogens is 1. The molecule has 0 aromatic heterocycles. The fourth-order valence-electron chi connectivity index (χ4n) is 2.22. The predicted molar refractivity (Wildman–Crippen MR) is 119 cm³/mol. The SMILES string of the molecule is CC(S)/N=C(\SC(C)C)c1ccc(/N=N/c2ccc(N(C)C)cc2)c(F)c1. The largest absolute Gasteiger partial charge is 0.378 e. The van der Waals surface area contributed by atoms with E-state index in [2.05, 4.69) is 41.7 Å². The smallest absolute Gasteiger partial charge is 0.151 e. The molecule has 0 saturated carbocycles. The topological polar surface area (TPSA) is 40.3 Å². The first-order valence-electron chi connectivity index (χ1n) is 8.68. The van der Waals surface area contributed by atoms with Gasteiger partial charge in [0.15, 0.2) is 5.82 Å². The summed E-state index contributed by atoms with van der Waals surface area (Å²) in [5, 5.41) is 9.13. The molecule has 1 unspecified atom stereocenters. The van der Waals surface area contributed by atoms with Crippen LogP contribution in [0.5, 0.6) is 0 Å². The average molecular weight is 405 g/mol. The summed E-state index contributed by atoms with van der Waals surface area (Å²) in [4.78, 5) is 6.49. The molecule has 2 aromatic carbocycles. The van der Waals surface area contributed by atoms with Crippen LogP contribution < -0.4 is 4.90 Å². The van der Waals surface area contributed by atoms with Crippen LogP contribution in [-0.2, 0) is 0 Å². The van der Waals surface area contributed by atoms with Gasteiger partial charge in [-0.05, 0) is 49.4 Å². The zero-order chi connectivity index (χ0) is 20.0. The number of hydrogen-bond acceptors (Lipinski definition) is 6. The van der Waals surface area contributed by atoms with Crippen molar-refractivity contribution in [3.05, 3.63) is 53.8 Å². The Labute approximate surface area is 170 Å². The van der Waals surface area contributed by atoms with Crippen LogP contribution in [0.4, 0.5) is 21.5 Å². The van der Waals surface area contributed by atoms with Crippen LogP contribution >= 0.6 is 24.4 Å². The van der Waals surface area contributed by atoms with Crippen molar-refractivity contribution in [2.75, 3.05) is 19.0 Å². The highest BCUT2D eigenvalue weighted by Gasteiger charge is 2.11. The van der Waals surface area contributed by atoms with Crippen molar-refractivity contribution in [3.8, 4) is 0 Å². The molecule has 27 heavy (non-hydrogen) atoms. The summed E-state index contributed by atoms with van der Waals surface area (Å²) in [5.41, 5.74) is 2.66. The van der Waals surface area contributed by atoms with E-state index >= 15 is 0 Å². The molecule has 0 N–H and O–H groups in total. The zero-order valence-electron chi connectivity index (χ0n) is 16.2. The summed E-state index contributed by atoms with van der Waals surface area (Å²) in [6, 6.07) is 12.5. The Hall–Kier alpha value is -1.86. The number of aliphatic imine (C=N–C) groups is 1. The van der Waals surface area contributed by atoms with Crippen molar-refractivity contribution in [1.29, 1.82) is 0 Å². The highest BCUT2D eigenvalue weighted by Crippen LogP contribution is 2.27. The summed E-state index contributed by atoms with van der Waals surface area (Å²) in [5.74, 6) is -0.426.